The van der Waals surface area contributed by atoms with Gasteiger partial charge in [-0.25, -0.2) is 0 Å². The number of rotatable bonds is 8. The number of aromatic hydroxyl groups is 2. The van der Waals surface area contributed by atoms with Crippen LogP contribution in [0.4, 0.5) is 11.4 Å². The average Bonchev–Trinajstić information content (AvgIpc) is 2.82. The molecule has 0 aromatic heterocycles. The van der Waals surface area contributed by atoms with Crippen molar-refractivity contribution in [1.29, 1.82) is 0 Å². The molecule has 0 fully saturated rings. The highest BCUT2D eigenvalue weighted by atomic mass is 16.3. The fourth-order valence-corrected chi connectivity index (χ4v) is 4.96. The number of para-hydroxylation sites is 2. The van der Waals surface area contributed by atoms with Crippen LogP contribution in [-0.4, -0.2) is 22.6 Å². The fourth-order valence-electron chi connectivity index (χ4n) is 4.96. The predicted octanol–water partition coefficient (Wildman–Crippen LogP) is 10.0. The first-order chi connectivity index (χ1) is 18.5. The Balaban J connectivity index is 2.01. The molecule has 0 saturated carbocycles. The molecule has 2 N–H and O–H groups in total. The SMILES string of the molecule is CC(C)c1cc(CC(C)(C)C)cc(C=Nc2ccccc2N=Cc2cc(CC(C)(C)C)cc(C(C)C)c2O)c1O. The number of phenols is 2. The number of nitrogens with zero attached hydrogens (tertiary/aromatic N) is 2. The summed E-state index contributed by atoms with van der Waals surface area (Å²) in [7, 11) is 0. The molecule has 4 nitrogen and oxygen atoms in total. The smallest absolute Gasteiger partial charge is 0.127 e. The van der Waals surface area contributed by atoms with Gasteiger partial charge < -0.3 is 10.2 Å². The lowest BCUT2D eigenvalue weighted by Gasteiger charge is -2.21. The van der Waals surface area contributed by atoms with Gasteiger partial charge in [0.1, 0.15) is 11.5 Å². The van der Waals surface area contributed by atoms with Crippen molar-refractivity contribution in [3.8, 4) is 11.5 Å². The second kappa shape index (κ2) is 12.4. The van der Waals surface area contributed by atoms with Gasteiger partial charge in [-0.05, 0) is 82.0 Å². The third-order valence-electron chi connectivity index (χ3n) is 6.74. The van der Waals surface area contributed by atoms with Crippen molar-refractivity contribution < 1.29 is 10.2 Å². The van der Waals surface area contributed by atoms with Crippen LogP contribution < -0.4 is 0 Å². The van der Waals surface area contributed by atoms with Gasteiger partial charge >= 0.3 is 0 Å². The Labute approximate surface area is 241 Å². The molecule has 4 heteroatoms. The van der Waals surface area contributed by atoms with E-state index in [1.54, 1.807) is 12.4 Å². The van der Waals surface area contributed by atoms with Crippen molar-refractivity contribution in [2.45, 2.75) is 93.9 Å². The van der Waals surface area contributed by atoms with E-state index in [-0.39, 0.29) is 34.2 Å². The molecular weight excluding hydrogens is 492 g/mol. The Morgan fingerprint density at radius 2 is 0.975 bits per heavy atom. The van der Waals surface area contributed by atoms with Crippen LogP contribution in [0.15, 0.2) is 58.5 Å². The molecule has 0 bridgehead atoms. The number of aliphatic imine (C=N–C) groups is 2. The third kappa shape index (κ3) is 8.55. The van der Waals surface area contributed by atoms with E-state index in [1.807, 2.05) is 36.4 Å². The van der Waals surface area contributed by atoms with Gasteiger partial charge in [-0.2, -0.15) is 0 Å². The van der Waals surface area contributed by atoms with E-state index < -0.39 is 0 Å². The molecule has 3 rings (SSSR count). The standard InChI is InChI=1S/C36H48N2O2/c1-23(2)29-17-25(19-35(5,6)7)15-27(33(29)39)21-37-31-13-11-12-14-32(31)38-22-28-16-26(20-36(8,9)10)18-30(24(3)4)34(28)40/h11-18,21-24,39-40H,19-20H2,1-10H3. The molecule has 0 radical (unpaired) electrons. The summed E-state index contributed by atoms with van der Waals surface area (Å²) in [5.74, 6) is 0.946. The quantitative estimate of drug-likeness (QED) is 0.279. The van der Waals surface area contributed by atoms with Crippen molar-refractivity contribution in [3.63, 3.8) is 0 Å². The Morgan fingerprint density at radius 1 is 0.625 bits per heavy atom. The Morgan fingerprint density at radius 3 is 1.27 bits per heavy atom. The van der Waals surface area contributed by atoms with Crippen LogP contribution in [0.25, 0.3) is 0 Å². The molecule has 0 saturated heterocycles. The van der Waals surface area contributed by atoms with Crippen molar-refractivity contribution in [2.24, 2.45) is 20.8 Å². The molecule has 214 valence electrons. The maximum absolute atomic E-state index is 11.0. The normalized spacial score (nSPS) is 12.9. The highest BCUT2D eigenvalue weighted by Crippen LogP contribution is 2.35. The molecule has 0 unspecified atom stereocenters. The van der Waals surface area contributed by atoms with Crippen molar-refractivity contribution in [2.75, 3.05) is 0 Å². The van der Waals surface area contributed by atoms with Gasteiger partial charge in [0.05, 0.1) is 11.4 Å². The maximum atomic E-state index is 11.0. The minimum absolute atomic E-state index is 0.131. The summed E-state index contributed by atoms with van der Waals surface area (Å²) in [6.07, 6.45) is 5.29. The van der Waals surface area contributed by atoms with E-state index >= 15 is 0 Å². The fraction of sp³-hybridized carbons (Fsp3) is 0.444. The first-order valence-corrected chi connectivity index (χ1v) is 14.4. The lowest BCUT2D eigenvalue weighted by atomic mass is 9.85. The molecule has 3 aromatic rings. The molecule has 0 aliphatic carbocycles. The second-order valence-electron chi connectivity index (χ2n) is 14.0. The van der Waals surface area contributed by atoms with E-state index in [0.717, 1.165) is 24.0 Å². The molecule has 0 aliphatic heterocycles. The summed E-state index contributed by atoms with van der Waals surface area (Å²) in [4.78, 5) is 9.52. The van der Waals surface area contributed by atoms with Crippen LogP contribution in [0.3, 0.4) is 0 Å². The summed E-state index contributed by atoms with van der Waals surface area (Å²) in [6, 6.07) is 16.0. The number of hydrogen-bond donors (Lipinski definition) is 2. The Bertz CT molecular complexity index is 1280. The molecule has 0 heterocycles. The van der Waals surface area contributed by atoms with E-state index in [1.165, 1.54) is 11.1 Å². The zero-order valence-corrected chi connectivity index (χ0v) is 26.1. The number of phenolic OH excluding ortho intramolecular Hbond substituents is 2. The zero-order valence-electron chi connectivity index (χ0n) is 26.1. The largest absolute Gasteiger partial charge is 0.507 e. The summed E-state index contributed by atoms with van der Waals surface area (Å²) >= 11 is 0. The molecule has 40 heavy (non-hydrogen) atoms. The van der Waals surface area contributed by atoms with Gasteiger partial charge in [0.15, 0.2) is 0 Å². The van der Waals surface area contributed by atoms with Gasteiger partial charge in [0.25, 0.3) is 0 Å². The van der Waals surface area contributed by atoms with Gasteiger partial charge in [0.2, 0.25) is 0 Å². The minimum atomic E-state index is 0.131. The first kappa shape index (κ1) is 31.1. The van der Waals surface area contributed by atoms with Gasteiger partial charge in [-0.3, -0.25) is 9.98 Å². The molecule has 0 spiro atoms. The number of benzene rings is 3. The van der Waals surface area contributed by atoms with E-state index in [9.17, 15) is 10.2 Å². The first-order valence-electron chi connectivity index (χ1n) is 14.4. The summed E-state index contributed by atoms with van der Waals surface area (Å²) < 4.78 is 0. The third-order valence-corrected chi connectivity index (χ3v) is 6.74. The topological polar surface area (TPSA) is 65.2 Å². The Hall–Kier alpha value is -3.40. The molecular formula is C36H48N2O2. The van der Waals surface area contributed by atoms with Gasteiger partial charge in [-0.1, -0.05) is 93.5 Å². The van der Waals surface area contributed by atoms with Crippen LogP contribution in [0, 0.1) is 10.8 Å². The molecule has 0 amide bonds. The van der Waals surface area contributed by atoms with Crippen LogP contribution in [0.5, 0.6) is 11.5 Å². The van der Waals surface area contributed by atoms with Crippen LogP contribution >= 0.6 is 0 Å². The van der Waals surface area contributed by atoms with E-state index in [2.05, 4.69) is 81.4 Å². The second-order valence-corrected chi connectivity index (χ2v) is 14.0. The minimum Gasteiger partial charge on any atom is -0.507 e. The van der Waals surface area contributed by atoms with Crippen LogP contribution in [0.1, 0.15) is 114 Å². The zero-order chi connectivity index (χ0) is 29.8. The summed E-state index contributed by atoms with van der Waals surface area (Å²) in [6.45, 7) is 21.7. The van der Waals surface area contributed by atoms with Crippen LogP contribution in [-0.2, 0) is 12.8 Å². The van der Waals surface area contributed by atoms with E-state index in [4.69, 9.17) is 9.98 Å². The predicted molar refractivity (Wildman–Crippen MR) is 172 cm³/mol. The summed E-state index contributed by atoms with van der Waals surface area (Å²) in [5.41, 5.74) is 7.30. The molecule has 0 atom stereocenters. The van der Waals surface area contributed by atoms with Crippen LogP contribution in [0.2, 0.25) is 0 Å². The lowest BCUT2D eigenvalue weighted by molar-refractivity contribution is 0.409. The monoisotopic (exact) mass is 540 g/mol. The Kier molecular flexibility index (Phi) is 9.66. The van der Waals surface area contributed by atoms with Crippen molar-refractivity contribution in [3.05, 3.63) is 81.9 Å². The lowest BCUT2D eigenvalue weighted by Crippen LogP contribution is -2.10. The maximum Gasteiger partial charge on any atom is 0.127 e. The highest BCUT2D eigenvalue weighted by Gasteiger charge is 2.18. The van der Waals surface area contributed by atoms with E-state index in [0.29, 0.717) is 22.5 Å². The van der Waals surface area contributed by atoms with Gasteiger partial charge in [0, 0.05) is 23.6 Å². The summed E-state index contributed by atoms with van der Waals surface area (Å²) in [5, 5.41) is 22.1. The highest BCUT2D eigenvalue weighted by molar-refractivity contribution is 5.90. The average molecular weight is 541 g/mol. The number of hydrogen-bond acceptors (Lipinski definition) is 4. The molecule has 0 aliphatic rings. The van der Waals surface area contributed by atoms with Gasteiger partial charge in [-0.15, -0.1) is 0 Å². The van der Waals surface area contributed by atoms with Crippen molar-refractivity contribution >= 4 is 23.8 Å². The van der Waals surface area contributed by atoms with Crippen molar-refractivity contribution in [1.82, 2.24) is 0 Å². The molecule has 3 aromatic carbocycles.